The Kier molecular flexibility index (Phi) is 5.45. The molecule has 1 aromatic carbocycles. The highest BCUT2D eigenvalue weighted by molar-refractivity contribution is 5.92. The maximum Gasteiger partial charge on any atom is 0.274 e. The fourth-order valence-corrected chi connectivity index (χ4v) is 2.65. The van der Waals surface area contributed by atoms with Gasteiger partial charge in [-0.15, -0.1) is 0 Å². The number of nitrogens with zero attached hydrogens (tertiary/aromatic N) is 3. The van der Waals surface area contributed by atoms with Gasteiger partial charge >= 0.3 is 0 Å². The van der Waals surface area contributed by atoms with E-state index in [0.717, 1.165) is 5.75 Å². The Balaban J connectivity index is 1.65. The number of para-hydroxylation sites is 1. The van der Waals surface area contributed by atoms with Gasteiger partial charge in [-0.05, 0) is 25.1 Å². The van der Waals surface area contributed by atoms with Crippen molar-refractivity contribution in [3.8, 4) is 5.75 Å². The molecule has 3 rings (SSSR count). The minimum atomic E-state index is -0.261. The molecule has 1 amide bonds. The highest BCUT2D eigenvalue weighted by atomic mass is 16.5. The number of amides is 1. The van der Waals surface area contributed by atoms with Crippen molar-refractivity contribution in [2.45, 2.75) is 19.6 Å². The van der Waals surface area contributed by atoms with Gasteiger partial charge in [-0.3, -0.25) is 9.59 Å². The molecule has 2 aromatic rings. The standard InChI is InChI=1S/C18H21N3O4/c1-14-13-20(9-11-24-14)18(23)16-7-8-17(22)21(19-16)10-12-25-15-5-3-2-4-6-15/h2-8,14H,9-13H2,1H3/t14-/m0/s1. The van der Waals surface area contributed by atoms with Crippen molar-refractivity contribution in [3.05, 3.63) is 58.5 Å². The minimum absolute atomic E-state index is 0.00266. The Morgan fingerprint density at radius 2 is 2.08 bits per heavy atom. The summed E-state index contributed by atoms with van der Waals surface area (Å²) in [5, 5.41) is 4.20. The minimum Gasteiger partial charge on any atom is -0.492 e. The first-order valence-electron chi connectivity index (χ1n) is 8.30. The van der Waals surface area contributed by atoms with Gasteiger partial charge in [0.2, 0.25) is 0 Å². The molecule has 0 saturated carbocycles. The summed E-state index contributed by atoms with van der Waals surface area (Å²) in [5.74, 6) is 0.540. The number of carbonyl (C=O) groups excluding carboxylic acids is 1. The summed E-state index contributed by atoms with van der Waals surface area (Å²) in [6, 6.07) is 12.2. The maximum atomic E-state index is 12.6. The van der Waals surface area contributed by atoms with Crippen molar-refractivity contribution in [2.75, 3.05) is 26.3 Å². The van der Waals surface area contributed by atoms with E-state index in [1.54, 1.807) is 4.90 Å². The van der Waals surface area contributed by atoms with Crippen LogP contribution in [0.2, 0.25) is 0 Å². The molecule has 7 heteroatoms. The molecule has 0 bridgehead atoms. The summed E-state index contributed by atoms with van der Waals surface area (Å²) in [6.07, 6.45) is 0.00266. The second-order valence-electron chi connectivity index (χ2n) is 5.87. The Labute approximate surface area is 145 Å². The van der Waals surface area contributed by atoms with Gasteiger partial charge in [0, 0.05) is 19.2 Å². The SMILES string of the molecule is C[C@H]1CN(C(=O)c2ccc(=O)n(CCOc3ccccc3)n2)CCO1. The number of morpholine rings is 1. The molecular formula is C18H21N3O4. The van der Waals surface area contributed by atoms with Crippen molar-refractivity contribution in [2.24, 2.45) is 0 Å². The van der Waals surface area contributed by atoms with Crippen LogP contribution in [0.4, 0.5) is 0 Å². The zero-order valence-electron chi connectivity index (χ0n) is 14.1. The number of carbonyl (C=O) groups is 1. The molecule has 25 heavy (non-hydrogen) atoms. The van der Waals surface area contributed by atoms with E-state index in [1.807, 2.05) is 37.3 Å². The van der Waals surface area contributed by atoms with Crippen molar-refractivity contribution >= 4 is 5.91 Å². The molecule has 1 aliphatic rings. The van der Waals surface area contributed by atoms with Gasteiger partial charge in [0.25, 0.3) is 11.5 Å². The number of ether oxygens (including phenoxy) is 2. The third-order valence-electron chi connectivity index (χ3n) is 3.93. The Bertz CT molecular complexity index is 775. The van der Waals surface area contributed by atoms with Gasteiger partial charge in [0.15, 0.2) is 0 Å². The van der Waals surface area contributed by atoms with Crippen LogP contribution < -0.4 is 10.3 Å². The topological polar surface area (TPSA) is 73.7 Å². The van der Waals surface area contributed by atoms with E-state index in [2.05, 4.69) is 5.10 Å². The molecule has 0 aliphatic carbocycles. The van der Waals surface area contributed by atoms with E-state index in [1.165, 1.54) is 16.8 Å². The largest absolute Gasteiger partial charge is 0.492 e. The molecule has 0 spiro atoms. The van der Waals surface area contributed by atoms with Gasteiger partial charge in [-0.2, -0.15) is 5.10 Å². The quantitative estimate of drug-likeness (QED) is 0.815. The maximum absolute atomic E-state index is 12.6. The molecule has 1 aromatic heterocycles. The predicted molar refractivity (Wildman–Crippen MR) is 91.8 cm³/mol. The summed E-state index contributed by atoms with van der Waals surface area (Å²) < 4.78 is 12.3. The first-order valence-corrected chi connectivity index (χ1v) is 8.30. The lowest BCUT2D eigenvalue weighted by Crippen LogP contribution is -2.45. The van der Waals surface area contributed by atoms with Crippen LogP contribution in [0.3, 0.4) is 0 Å². The first kappa shape index (κ1) is 17.2. The monoisotopic (exact) mass is 343 g/mol. The molecule has 7 nitrogen and oxygen atoms in total. The van der Waals surface area contributed by atoms with Crippen LogP contribution in [0.15, 0.2) is 47.3 Å². The summed E-state index contributed by atoms with van der Waals surface area (Å²) in [5.41, 5.74) is -0.00281. The van der Waals surface area contributed by atoms with E-state index in [0.29, 0.717) is 26.3 Å². The smallest absolute Gasteiger partial charge is 0.274 e. The van der Waals surface area contributed by atoms with Gasteiger partial charge in [-0.25, -0.2) is 4.68 Å². The van der Waals surface area contributed by atoms with E-state index in [-0.39, 0.29) is 29.8 Å². The third kappa shape index (κ3) is 4.45. The van der Waals surface area contributed by atoms with Crippen LogP contribution in [0.5, 0.6) is 5.75 Å². The van der Waals surface area contributed by atoms with Crippen LogP contribution in [0.1, 0.15) is 17.4 Å². The lowest BCUT2D eigenvalue weighted by Gasteiger charge is -2.30. The second kappa shape index (κ2) is 7.94. The number of hydrogen-bond donors (Lipinski definition) is 0. The second-order valence-corrected chi connectivity index (χ2v) is 5.87. The van der Waals surface area contributed by atoms with Gasteiger partial charge in [0.05, 0.1) is 19.3 Å². The van der Waals surface area contributed by atoms with Crippen molar-refractivity contribution < 1.29 is 14.3 Å². The lowest BCUT2D eigenvalue weighted by atomic mass is 10.2. The number of rotatable bonds is 5. The highest BCUT2D eigenvalue weighted by Crippen LogP contribution is 2.09. The van der Waals surface area contributed by atoms with Crippen molar-refractivity contribution in [1.29, 1.82) is 0 Å². The van der Waals surface area contributed by atoms with Gasteiger partial charge < -0.3 is 14.4 Å². The van der Waals surface area contributed by atoms with Gasteiger partial charge in [-0.1, -0.05) is 18.2 Å². The number of aromatic nitrogens is 2. The summed E-state index contributed by atoms with van der Waals surface area (Å²) in [4.78, 5) is 26.2. The van der Waals surface area contributed by atoms with E-state index in [9.17, 15) is 9.59 Å². The number of benzene rings is 1. The molecule has 0 radical (unpaired) electrons. The summed E-state index contributed by atoms with van der Waals surface area (Å²) in [6.45, 7) is 4.06. The van der Waals surface area contributed by atoms with Crippen LogP contribution in [0.25, 0.3) is 0 Å². The third-order valence-corrected chi connectivity index (χ3v) is 3.93. The molecular weight excluding hydrogens is 322 g/mol. The van der Waals surface area contributed by atoms with E-state index >= 15 is 0 Å². The molecule has 2 heterocycles. The molecule has 0 unspecified atom stereocenters. The fraction of sp³-hybridized carbons (Fsp3) is 0.389. The van der Waals surface area contributed by atoms with Crippen LogP contribution in [-0.4, -0.2) is 53.0 Å². The van der Waals surface area contributed by atoms with E-state index < -0.39 is 0 Å². The Hall–Kier alpha value is -2.67. The highest BCUT2D eigenvalue weighted by Gasteiger charge is 2.23. The normalized spacial score (nSPS) is 17.3. The Morgan fingerprint density at radius 3 is 2.84 bits per heavy atom. The van der Waals surface area contributed by atoms with Crippen molar-refractivity contribution in [1.82, 2.24) is 14.7 Å². The molecule has 1 aliphatic heterocycles. The lowest BCUT2D eigenvalue weighted by molar-refractivity contribution is -0.0127. The van der Waals surface area contributed by atoms with Crippen LogP contribution in [0, 0.1) is 0 Å². The molecule has 132 valence electrons. The van der Waals surface area contributed by atoms with Crippen molar-refractivity contribution in [3.63, 3.8) is 0 Å². The average molecular weight is 343 g/mol. The predicted octanol–water partition coefficient (Wildman–Crippen LogP) is 1.18. The number of hydrogen-bond acceptors (Lipinski definition) is 5. The fourth-order valence-electron chi connectivity index (χ4n) is 2.65. The molecule has 1 atom stereocenters. The zero-order chi connectivity index (χ0) is 17.6. The summed E-state index contributed by atoms with van der Waals surface area (Å²) >= 11 is 0. The Morgan fingerprint density at radius 1 is 1.28 bits per heavy atom. The average Bonchev–Trinajstić information content (AvgIpc) is 2.63. The zero-order valence-corrected chi connectivity index (χ0v) is 14.1. The first-order chi connectivity index (χ1) is 12.1. The molecule has 0 N–H and O–H groups in total. The summed E-state index contributed by atoms with van der Waals surface area (Å²) in [7, 11) is 0. The van der Waals surface area contributed by atoms with Crippen LogP contribution in [-0.2, 0) is 11.3 Å². The van der Waals surface area contributed by atoms with E-state index in [4.69, 9.17) is 9.47 Å². The molecule has 1 fully saturated rings. The van der Waals surface area contributed by atoms with Crippen LogP contribution >= 0.6 is 0 Å². The van der Waals surface area contributed by atoms with Gasteiger partial charge in [0.1, 0.15) is 18.1 Å². The molecule has 1 saturated heterocycles.